The second-order valence-corrected chi connectivity index (χ2v) is 44.1. The van der Waals surface area contributed by atoms with E-state index in [0.717, 1.165) is 168 Å². The molecule has 0 unspecified atom stereocenters. The van der Waals surface area contributed by atoms with Crippen LogP contribution in [0.1, 0.15) is 142 Å². The molecule has 4 aromatic heterocycles. The van der Waals surface area contributed by atoms with E-state index in [0.29, 0.717) is 73.4 Å². The zero-order chi connectivity index (χ0) is 91.6. The molecular formula is C96H110Cl2N14O15S3. The summed E-state index contributed by atoms with van der Waals surface area (Å²) in [6.45, 7) is 23.2. The summed E-state index contributed by atoms with van der Waals surface area (Å²) < 4.78 is 101. The number of rotatable bonds is 26. The van der Waals surface area contributed by atoms with Gasteiger partial charge in [-0.25, -0.2) is 40.6 Å². The number of nitrogens with zero attached hydrogens (tertiary/aromatic N) is 10. The number of sulfonamides is 2. The predicted octanol–water partition coefficient (Wildman–Crippen LogP) is 18.0. The van der Waals surface area contributed by atoms with Crippen LogP contribution in [0.5, 0.6) is 34.5 Å². The monoisotopic (exact) mass is 1860 g/mol. The minimum absolute atomic E-state index is 0.0355. The highest BCUT2D eigenvalue weighted by molar-refractivity contribution is 7.92. The van der Waals surface area contributed by atoms with E-state index in [2.05, 4.69) is 117 Å². The molecule has 7 aliphatic rings. The van der Waals surface area contributed by atoms with Crippen molar-refractivity contribution in [1.82, 2.24) is 44.1 Å². The maximum atomic E-state index is 14.1. The van der Waals surface area contributed by atoms with Crippen LogP contribution in [0, 0.1) is 48.8 Å². The van der Waals surface area contributed by atoms with Crippen LogP contribution in [0.15, 0.2) is 184 Å². The van der Waals surface area contributed by atoms with Crippen molar-refractivity contribution in [2.24, 2.45) is 32.9 Å². The van der Waals surface area contributed by atoms with Gasteiger partial charge in [0.15, 0.2) is 0 Å². The molecule has 130 heavy (non-hydrogen) atoms. The third-order valence-corrected chi connectivity index (χ3v) is 29.9. The van der Waals surface area contributed by atoms with Crippen LogP contribution in [0.3, 0.4) is 0 Å². The molecule has 34 heteroatoms. The van der Waals surface area contributed by atoms with E-state index < -0.39 is 66.9 Å². The Morgan fingerprint density at radius 3 is 1.43 bits per heavy atom. The number of nitrogens with one attached hydrogen (secondary N) is 4. The van der Waals surface area contributed by atoms with E-state index in [4.69, 9.17) is 42.1 Å². The number of halogens is 2. The number of ether oxygens (including phenoxy) is 4. The van der Waals surface area contributed by atoms with E-state index in [1.807, 2.05) is 36.4 Å². The molecule has 17 rings (SSSR count). The number of pyridine rings is 2. The molecule has 4 N–H and O–H groups in total. The molecule has 0 saturated carbocycles. The lowest BCUT2D eigenvalue weighted by molar-refractivity contribution is -0.386. The summed E-state index contributed by atoms with van der Waals surface area (Å²) in [6, 6.07) is 38.1. The molecule has 0 radical (unpaired) electrons. The van der Waals surface area contributed by atoms with Gasteiger partial charge in [0, 0.05) is 182 Å². The number of hydrogen-bond donors (Lipinski definition) is 4. The highest BCUT2D eigenvalue weighted by Crippen LogP contribution is 2.48. The number of aromatic nitrogens is 4. The molecular weight excluding hydrogens is 1760 g/mol. The summed E-state index contributed by atoms with van der Waals surface area (Å²) in [5.41, 5.74) is 11.3. The molecule has 3 saturated heterocycles. The van der Waals surface area contributed by atoms with E-state index >= 15 is 0 Å². The number of anilines is 2. The molecule has 5 aliphatic heterocycles. The number of benzene rings is 6. The quantitative estimate of drug-likeness (QED) is 0.0289. The zero-order valence-corrected chi connectivity index (χ0v) is 78.1. The summed E-state index contributed by atoms with van der Waals surface area (Å²) >= 11 is 12.5. The minimum Gasteiger partial charge on any atom is -0.493 e. The largest absolute Gasteiger partial charge is 0.493 e. The van der Waals surface area contributed by atoms with Crippen LogP contribution in [0.4, 0.5) is 22.7 Å². The molecule has 9 heterocycles. The lowest BCUT2D eigenvalue weighted by Gasteiger charge is -2.39. The van der Waals surface area contributed by atoms with Crippen molar-refractivity contribution < 1.29 is 59.4 Å². The van der Waals surface area contributed by atoms with Gasteiger partial charge in [0.1, 0.15) is 45.8 Å². The Hall–Kier alpha value is -11.0. The number of fused-ring (bicyclic) bond motifs is 4. The lowest BCUT2D eigenvalue weighted by Crippen LogP contribution is -2.47. The fourth-order valence-corrected chi connectivity index (χ4v) is 21.5. The van der Waals surface area contributed by atoms with Crippen molar-refractivity contribution in [3.05, 3.63) is 233 Å². The third-order valence-electron chi connectivity index (χ3n) is 25.9. The number of hydrogen-bond acceptors (Lipinski definition) is 23. The molecule has 6 aromatic carbocycles. The first kappa shape index (κ1) is 92.3. The Balaban J connectivity index is 0.000000190. The normalized spacial score (nSPS) is 19.3. The molecule has 29 nitrogen and oxygen atoms in total. The van der Waals surface area contributed by atoms with Crippen molar-refractivity contribution >= 4 is 121 Å². The van der Waals surface area contributed by atoms with Crippen LogP contribution >= 0.6 is 23.2 Å². The van der Waals surface area contributed by atoms with E-state index in [9.17, 15) is 50.9 Å². The van der Waals surface area contributed by atoms with Crippen molar-refractivity contribution in [2.75, 3.05) is 127 Å². The second kappa shape index (κ2) is 38.8. The Bertz CT molecular complexity index is 6410. The maximum absolute atomic E-state index is 14.1. The maximum Gasteiger partial charge on any atom is 0.277 e. The van der Waals surface area contributed by atoms with Crippen molar-refractivity contribution in [3.63, 3.8) is 0 Å². The fraction of sp³-hybridized carbons (Fsp3) is 0.417. The Morgan fingerprint density at radius 2 is 1.01 bits per heavy atom. The number of allylic oxidation sites excluding steroid dienone is 2. The number of piperidine rings is 1. The van der Waals surface area contributed by atoms with Gasteiger partial charge in [-0.2, -0.15) is 0 Å². The minimum atomic E-state index is -4.66. The van der Waals surface area contributed by atoms with Gasteiger partial charge in [0.2, 0.25) is 0 Å². The number of piperazine rings is 2. The average Bonchev–Trinajstić information content (AvgIpc) is 1.68. The average molecular weight is 1870 g/mol. The lowest BCUT2D eigenvalue weighted by atomic mass is 9.72. The first-order valence-electron chi connectivity index (χ1n) is 44.3. The van der Waals surface area contributed by atoms with Crippen LogP contribution in [-0.4, -0.2) is 195 Å². The van der Waals surface area contributed by atoms with Gasteiger partial charge in [-0.05, 0) is 214 Å². The van der Waals surface area contributed by atoms with Gasteiger partial charge in [-0.1, -0.05) is 93.2 Å². The number of H-pyrrole nitrogens is 2. The topological polar surface area (TPSA) is 353 Å². The van der Waals surface area contributed by atoms with Gasteiger partial charge < -0.3 is 43.6 Å². The zero-order valence-electron chi connectivity index (χ0n) is 74.1. The van der Waals surface area contributed by atoms with E-state index in [1.165, 1.54) is 82.9 Å². The van der Waals surface area contributed by atoms with Gasteiger partial charge in [-0.15, -0.1) is 0 Å². The van der Waals surface area contributed by atoms with Crippen molar-refractivity contribution in [3.8, 4) is 34.5 Å². The smallest absolute Gasteiger partial charge is 0.277 e. The Labute approximate surface area is 768 Å². The summed E-state index contributed by atoms with van der Waals surface area (Å²) in [5.74, 6) is -0.291. The van der Waals surface area contributed by atoms with Gasteiger partial charge >= 0.3 is 0 Å². The van der Waals surface area contributed by atoms with Gasteiger partial charge in [0.05, 0.1) is 67.5 Å². The molecule has 3 atom stereocenters. The highest BCUT2D eigenvalue weighted by Gasteiger charge is 2.38. The van der Waals surface area contributed by atoms with E-state index in [-0.39, 0.29) is 81.1 Å². The summed E-state index contributed by atoms with van der Waals surface area (Å²) in [7, 11) is -11.6. The Morgan fingerprint density at radius 1 is 0.569 bits per heavy atom. The number of nitro benzene ring substituents is 2. The number of carbonyl (C=O) groups excluding carboxylic acids is 2. The number of likely N-dealkylation sites (tertiary alicyclic amines) is 1. The van der Waals surface area contributed by atoms with Crippen LogP contribution in [0.2, 0.25) is 10.0 Å². The van der Waals surface area contributed by atoms with Crippen molar-refractivity contribution in [1.29, 1.82) is 0 Å². The summed E-state index contributed by atoms with van der Waals surface area (Å²) in [6.07, 6.45) is 20.3. The first-order valence-corrected chi connectivity index (χ1v) is 50.4. The van der Waals surface area contributed by atoms with Crippen molar-refractivity contribution in [2.45, 2.75) is 121 Å². The van der Waals surface area contributed by atoms with Crippen LogP contribution < -0.4 is 38.2 Å². The third kappa shape index (κ3) is 22.4. The molecule has 3 fully saturated rings. The fourth-order valence-electron chi connectivity index (χ4n) is 18.7. The molecule has 686 valence electrons. The number of nitro groups is 2. The number of amides is 2. The molecule has 0 bridgehead atoms. The van der Waals surface area contributed by atoms with E-state index in [1.54, 1.807) is 54.9 Å². The molecule has 10 aromatic rings. The Kier molecular flexibility index (Phi) is 27.6. The number of aromatic amines is 2. The summed E-state index contributed by atoms with van der Waals surface area (Å²) in [4.78, 5) is 77.5. The standard InChI is InChI=1S/C50H58ClN7O7S.C46H52ClN7O8S2/c1-33-5-4-17-55(30-33)18-14-34-23-43-45(58(60)61)26-41(27-46(43)64-32-34)66(62,63)54-49(59)42-11-10-39(25-47(42)65-40-24-36-13-16-52-48(36)53-29-40)57-21-19-56(20-22-57)31-37-12-15-50(2,3)28-44(37)35-6-8-38(51)9-7-35;1-46(2)14-11-33(40(26-46)31-5-7-34(47)8-6-31)28-52-17-19-53(20-18-52)35-9-10-38(43(23-35)62-36-22-32-13-15-48-44(32)49-27-36)45(55)51-64(59,60)37-24-41(54(56)57)39-21-30(29-61-42(39)25-37)12-16-50-63(3,4)58/h6-11,13,16,24-27,29,33-34H,4-5,12,14-15,17-23,28,30-32H2,1-3H3,(H,52,53)(H,54,59);5-10,13,15,22-25,27,30H,11-12,14,16-21,26,28-29H2,1-4H3,(H,48,49)(H,51,55)/t33-,34-;30-/m01/s1. The first-order chi connectivity index (χ1) is 62.1. The highest BCUT2D eigenvalue weighted by atomic mass is 35.5. The molecule has 0 spiro atoms. The van der Waals surface area contributed by atoms with Gasteiger partial charge in [0.25, 0.3) is 43.2 Å². The SMILES string of the molecule is CC1(C)CCC(CN2CCN(c3ccc(C(=O)NS(=O)(=O)c4cc5c(c([N+](=O)[O-])c4)C[C@@H](CCN=S(C)(C)=O)CO5)c(Oc4cnc5[nH]ccc5c4)c3)CC2)=C(c2ccc(Cl)cc2)C1.C[C@H]1CCCN(CC[C@@H]2COc3cc(S(=O)(=O)NC(=O)c4ccc(N5CCN(CC6=C(c7ccc(Cl)cc7)CC(C)(C)CC6)CC5)cc4Oc4cnc5[nH]ccc5c4)cc([N+](=O)[O-])c3C2)C1. The second-order valence-electron chi connectivity index (χ2n) is 37.3. The summed E-state index contributed by atoms with van der Waals surface area (Å²) in [5, 5.41) is 27.7. The predicted molar refractivity (Wildman–Crippen MR) is 507 cm³/mol. The molecule has 2 amide bonds. The van der Waals surface area contributed by atoms with Crippen LogP contribution in [-0.2, 0) is 42.6 Å². The molecule has 2 aliphatic carbocycles. The van der Waals surface area contributed by atoms with Crippen LogP contribution in [0.25, 0.3) is 33.2 Å². The number of carbonyl (C=O) groups is 2. The van der Waals surface area contributed by atoms with Gasteiger partial charge in [-0.3, -0.25) is 43.8 Å².